The van der Waals surface area contributed by atoms with Gasteiger partial charge in [0.05, 0.1) is 17.5 Å². The Morgan fingerprint density at radius 2 is 2.27 bits per heavy atom. The van der Waals surface area contributed by atoms with Crippen LogP contribution in [0.4, 0.5) is 11.5 Å². The monoisotopic (exact) mass is 209 g/mol. The van der Waals surface area contributed by atoms with Crippen LogP contribution >= 0.6 is 0 Å². The van der Waals surface area contributed by atoms with Gasteiger partial charge in [0.2, 0.25) is 0 Å². The Morgan fingerprint density at radius 1 is 1.53 bits per heavy atom. The minimum Gasteiger partial charge on any atom is -0.397 e. The highest BCUT2D eigenvalue weighted by Crippen LogP contribution is 2.11. The van der Waals surface area contributed by atoms with Crippen molar-refractivity contribution < 1.29 is 4.74 Å². The second kappa shape index (κ2) is 5.56. The molecule has 3 N–H and O–H groups in total. The topological polar surface area (TPSA) is 60.2 Å². The predicted molar refractivity (Wildman–Crippen MR) is 63.0 cm³/mol. The molecule has 0 aromatic carbocycles. The van der Waals surface area contributed by atoms with E-state index in [0.29, 0.717) is 0 Å². The third-order valence-corrected chi connectivity index (χ3v) is 2.15. The number of pyridine rings is 1. The average molecular weight is 209 g/mol. The van der Waals surface area contributed by atoms with E-state index in [4.69, 9.17) is 10.5 Å². The molecular formula is C11H19N3O. The lowest BCUT2D eigenvalue weighted by atomic mass is 10.3. The molecule has 1 aromatic heterocycles. The Balaban J connectivity index is 2.47. The van der Waals surface area contributed by atoms with Gasteiger partial charge in [0.25, 0.3) is 0 Å². The summed E-state index contributed by atoms with van der Waals surface area (Å²) < 4.78 is 5.40. The molecule has 0 aliphatic carbocycles. The maximum absolute atomic E-state index is 5.68. The number of ether oxygens (including phenoxy) is 1. The van der Waals surface area contributed by atoms with Gasteiger partial charge in [-0.05, 0) is 32.9 Å². The molecule has 4 heteroatoms. The van der Waals surface area contributed by atoms with Crippen LogP contribution in [-0.4, -0.2) is 24.2 Å². The van der Waals surface area contributed by atoms with E-state index >= 15 is 0 Å². The number of rotatable bonds is 5. The lowest BCUT2D eigenvalue weighted by Gasteiger charge is -2.13. The fourth-order valence-electron chi connectivity index (χ4n) is 1.26. The molecule has 1 aromatic rings. The van der Waals surface area contributed by atoms with Crippen molar-refractivity contribution in [1.82, 2.24) is 4.98 Å². The number of nitrogens with zero attached hydrogens (tertiary/aromatic N) is 1. The normalized spacial score (nSPS) is 12.5. The Kier molecular flexibility index (Phi) is 4.37. The molecule has 15 heavy (non-hydrogen) atoms. The molecule has 4 nitrogen and oxygen atoms in total. The second-order valence-electron chi connectivity index (χ2n) is 3.52. The smallest absolute Gasteiger partial charge is 0.126 e. The number of nitrogen functional groups attached to an aromatic ring is 1. The molecule has 0 spiro atoms. The number of hydrogen-bond donors (Lipinski definition) is 2. The lowest BCUT2D eigenvalue weighted by Crippen LogP contribution is -2.20. The van der Waals surface area contributed by atoms with Crippen molar-refractivity contribution in [2.75, 3.05) is 24.2 Å². The van der Waals surface area contributed by atoms with Gasteiger partial charge in [-0.2, -0.15) is 0 Å². The van der Waals surface area contributed by atoms with Gasteiger partial charge in [0.15, 0.2) is 0 Å². The number of aromatic nitrogens is 1. The summed E-state index contributed by atoms with van der Waals surface area (Å²) in [5.41, 5.74) is 7.25. The van der Waals surface area contributed by atoms with Crippen LogP contribution in [0, 0.1) is 6.92 Å². The Bertz CT molecular complexity index is 315. The lowest BCUT2D eigenvalue weighted by molar-refractivity contribution is 0.0855. The zero-order valence-corrected chi connectivity index (χ0v) is 9.58. The standard InChI is InChI=1S/C11H19N3O/c1-4-15-8(2)7-13-11-6-5-10(12)9(3)14-11/h5-6,8H,4,7,12H2,1-3H3,(H,13,14). The predicted octanol–water partition coefficient (Wildman–Crippen LogP) is 1.81. The summed E-state index contributed by atoms with van der Waals surface area (Å²) in [7, 11) is 0. The third-order valence-electron chi connectivity index (χ3n) is 2.15. The van der Waals surface area contributed by atoms with Gasteiger partial charge in [-0.3, -0.25) is 0 Å². The first kappa shape index (κ1) is 11.8. The van der Waals surface area contributed by atoms with E-state index in [1.807, 2.05) is 32.9 Å². The van der Waals surface area contributed by atoms with E-state index < -0.39 is 0 Å². The molecule has 1 unspecified atom stereocenters. The fraction of sp³-hybridized carbons (Fsp3) is 0.545. The van der Waals surface area contributed by atoms with Crippen molar-refractivity contribution in [3.8, 4) is 0 Å². The number of anilines is 2. The first-order valence-corrected chi connectivity index (χ1v) is 5.22. The summed E-state index contributed by atoms with van der Waals surface area (Å²) >= 11 is 0. The van der Waals surface area contributed by atoms with Crippen LogP contribution in [0.5, 0.6) is 0 Å². The SMILES string of the molecule is CCOC(C)CNc1ccc(N)c(C)n1. The Hall–Kier alpha value is -1.29. The van der Waals surface area contributed by atoms with Crippen molar-refractivity contribution in [2.45, 2.75) is 26.9 Å². The highest BCUT2D eigenvalue weighted by Gasteiger charge is 2.02. The number of hydrogen-bond acceptors (Lipinski definition) is 4. The minimum absolute atomic E-state index is 0.189. The molecule has 0 fully saturated rings. The molecule has 1 rings (SSSR count). The molecule has 0 saturated heterocycles. The summed E-state index contributed by atoms with van der Waals surface area (Å²) in [5, 5.41) is 3.21. The quantitative estimate of drug-likeness (QED) is 0.776. The summed E-state index contributed by atoms with van der Waals surface area (Å²) in [5.74, 6) is 0.841. The van der Waals surface area contributed by atoms with Crippen molar-refractivity contribution in [2.24, 2.45) is 0 Å². The van der Waals surface area contributed by atoms with Gasteiger partial charge in [0.1, 0.15) is 5.82 Å². The van der Waals surface area contributed by atoms with Gasteiger partial charge in [-0.1, -0.05) is 0 Å². The molecule has 1 atom stereocenters. The molecule has 0 aliphatic rings. The molecule has 0 saturated carbocycles. The van der Waals surface area contributed by atoms with Crippen molar-refractivity contribution >= 4 is 11.5 Å². The van der Waals surface area contributed by atoms with Crippen molar-refractivity contribution in [1.29, 1.82) is 0 Å². The van der Waals surface area contributed by atoms with E-state index in [9.17, 15) is 0 Å². The largest absolute Gasteiger partial charge is 0.397 e. The van der Waals surface area contributed by atoms with Crippen LogP contribution in [0.3, 0.4) is 0 Å². The maximum Gasteiger partial charge on any atom is 0.126 e. The zero-order valence-electron chi connectivity index (χ0n) is 9.58. The zero-order chi connectivity index (χ0) is 11.3. The van der Waals surface area contributed by atoms with Gasteiger partial charge in [0, 0.05) is 13.2 Å². The van der Waals surface area contributed by atoms with E-state index in [0.717, 1.165) is 30.4 Å². The minimum atomic E-state index is 0.189. The van der Waals surface area contributed by atoms with Gasteiger partial charge < -0.3 is 15.8 Å². The number of nitrogens with one attached hydrogen (secondary N) is 1. The summed E-state index contributed by atoms with van der Waals surface area (Å²) in [4.78, 5) is 4.31. The maximum atomic E-state index is 5.68. The van der Waals surface area contributed by atoms with Crippen LogP contribution in [0.2, 0.25) is 0 Å². The van der Waals surface area contributed by atoms with Crippen LogP contribution in [0.1, 0.15) is 19.5 Å². The number of nitrogens with two attached hydrogens (primary N) is 1. The Labute approximate surface area is 90.8 Å². The molecule has 84 valence electrons. The van der Waals surface area contributed by atoms with Crippen molar-refractivity contribution in [3.05, 3.63) is 17.8 Å². The van der Waals surface area contributed by atoms with E-state index in [-0.39, 0.29) is 6.10 Å². The molecular weight excluding hydrogens is 190 g/mol. The number of aryl methyl sites for hydroxylation is 1. The molecule has 0 aliphatic heterocycles. The summed E-state index contributed by atoms with van der Waals surface area (Å²) in [6, 6.07) is 3.73. The first-order valence-electron chi connectivity index (χ1n) is 5.22. The summed E-state index contributed by atoms with van der Waals surface area (Å²) in [6.45, 7) is 7.40. The second-order valence-corrected chi connectivity index (χ2v) is 3.52. The molecule has 1 heterocycles. The fourth-order valence-corrected chi connectivity index (χ4v) is 1.26. The highest BCUT2D eigenvalue weighted by molar-refractivity contribution is 5.48. The first-order chi connectivity index (χ1) is 7.13. The van der Waals surface area contributed by atoms with E-state index in [2.05, 4.69) is 10.3 Å². The Morgan fingerprint density at radius 3 is 2.87 bits per heavy atom. The van der Waals surface area contributed by atoms with E-state index in [1.54, 1.807) is 0 Å². The summed E-state index contributed by atoms with van der Waals surface area (Å²) in [6.07, 6.45) is 0.189. The average Bonchev–Trinajstić information content (AvgIpc) is 2.20. The van der Waals surface area contributed by atoms with Crippen LogP contribution in [0.25, 0.3) is 0 Å². The third kappa shape index (κ3) is 3.75. The van der Waals surface area contributed by atoms with E-state index in [1.165, 1.54) is 0 Å². The molecule has 0 bridgehead atoms. The van der Waals surface area contributed by atoms with Crippen LogP contribution < -0.4 is 11.1 Å². The molecule has 0 radical (unpaired) electrons. The van der Waals surface area contributed by atoms with Crippen LogP contribution in [-0.2, 0) is 4.74 Å². The van der Waals surface area contributed by atoms with Crippen LogP contribution in [0.15, 0.2) is 12.1 Å². The van der Waals surface area contributed by atoms with Crippen molar-refractivity contribution in [3.63, 3.8) is 0 Å². The van der Waals surface area contributed by atoms with Gasteiger partial charge in [-0.15, -0.1) is 0 Å². The highest BCUT2D eigenvalue weighted by atomic mass is 16.5. The van der Waals surface area contributed by atoms with Gasteiger partial charge >= 0.3 is 0 Å². The van der Waals surface area contributed by atoms with Gasteiger partial charge in [-0.25, -0.2) is 4.98 Å². The molecule has 0 amide bonds.